The van der Waals surface area contributed by atoms with E-state index in [0.717, 1.165) is 64.1 Å². The van der Waals surface area contributed by atoms with Crippen LogP contribution >= 0.6 is 0 Å². The Balaban J connectivity index is 1.42. The average Bonchev–Trinajstić information content (AvgIpc) is 2.63. The van der Waals surface area contributed by atoms with Gasteiger partial charge in [0.2, 0.25) is 0 Å². The molecule has 1 aromatic rings. The van der Waals surface area contributed by atoms with Gasteiger partial charge in [-0.25, -0.2) is 4.79 Å². The number of likely N-dealkylation sites (tertiary alicyclic amines) is 1. The molecule has 2 saturated heterocycles. The molecule has 0 bridgehead atoms. The molecular weight excluding hydrogens is 318 g/mol. The van der Waals surface area contributed by atoms with Gasteiger partial charge in [0.05, 0.1) is 0 Å². The average molecular weight is 347 g/mol. The third kappa shape index (κ3) is 5.09. The Hall–Kier alpha value is -1.79. The molecule has 2 fully saturated rings. The number of phenols is 1. The number of nitrogens with one attached hydrogen (secondary N) is 1. The Morgan fingerprint density at radius 3 is 2.68 bits per heavy atom. The summed E-state index contributed by atoms with van der Waals surface area (Å²) in [4.78, 5) is 16.7. The quantitative estimate of drug-likeness (QED) is 0.876. The van der Waals surface area contributed by atoms with Gasteiger partial charge in [-0.3, -0.25) is 4.90 Å². The third-order valence-electron chi connectivity index (χ3n) is 5.29. The van der Waals surface area contributed by atoms with Gasteiger partial charge in [0.1, 0.15) is 5.75 Å². The number of urea groups is 1. The first-order chi connectivity index (χ1) is 12.1. The minimum absolute atomic E-state index is 0.0401. The second kappa shape index (κ2) is 8.54. The molecule has 2 N–H and O–H groups in total. The monoisotopic (exact) mass is 347 g/mol. The third-order valence-corrected chi connectivity index (χ3v) is 5.29. The summed E-state index contributed by atoms with van der Waals surface area (Å²) in [5.74, 6) is 0.316. The molecule has 138 valence electrons. The molecule has 1 aromatic carbocycles. The Morgan fingerprint density at radius 1 is 1.28 bits per heavy atom. The van der Waals surface area contributed by atoms with Crippen LogP contribution in [0.25, 0.3) is 0 Å². The maximum atomic E-state index is 12.5. The summed E-state index contributed by atoms with van der Waals surface area (Å²) in [6.45, 7) is 4.26. The second-order valence-corrected chi connectivity index (χ2v) is 7.12. The van der Waals surface area contributed by atoms with E-state index in [2.05, 4.69) is 10.2 Å². The van der Waals surface area contributed by atoms with Crippen molar-refractivity contribution in [1.82, 2.24) is 15.1 Å². The van der Waals surface area contributed by atoms with Crippen LogP contribution in [0.2, 0.25) is 0 Å². The van der Waals surface area contributed by atoms with Crippen LogP contribution in [0.1, 0.15) is 31.2 Å². The van der Waals surface area contributed by atoms with Crippen LogP contribution < -0.4 is 5.32 Å². The van der Waals surface area contributed by atoms with Gasteiger partial charge in [0.15, 0.2) is 0 Å². The maximum Gasteiger partial charge on any atom is 0.317 e. The van der Waals surface area contributed by atoms with E-state index in [1.807, 2.05) is 30.1 Å². The van der Waals surface area contributed by atoms with Crippen molar-refractivity contribution in [2.24, 2.45) is 0 Å². The Morgan fingerprint density at radius 2 is 2.00 bits per heavy atom. The summed E-state index contributed by atoms with van der Waals surface area (Å²) < 4.78 is 5.37. The first-order valence-electron chi connectivity index (χ1n) is 9.23. The van der Waals surface area contributed by atoms with Crippen LogP contribution in [0.4, 0.5) is 4.79 Å². The van der Waals surface area contributed by atoms with E-state index in [0.29, 0.717) is 11.8 Å². The van der Waals surface area contributed by atoms with Crippen molar-refractivity contribution in [2.45, 2.75) is 44.3 Å². The number of carbonyl (C=O) groups is 1. The number of phenolic OH excluding ortho intramolecular Hbond substituents is 1. The molecule has 0 spiro atoms. The van der Waals surface area contributed by atoms with Crippen molar-refractivity contribution < 1.29 is 14.6 Å². The Bertz CT molecular complexity index is 567. The van der Waals surface area contributed by atoms with Gasteiger partial charge in [0, 0.05) is 52.0 Å². The van der Waals surface area contributed by atoms with Gasteiger partial charge in [0.25, 0.3) is 0 Å². The molecule has 0 atom stereocenters. The topological polar surface area (TPSA) is 65.0 Å². The lowest BCUT2D eigenvalue weighted by Crippen LogP contribution is -2.51. The van der Waals surface area contributed by atoms with Gasteiger partial charge >= 0.3 is 6.03 Å². The van der Waals surface area contributed by atoms with E-state index < -0.39 is 0 Å². The number of amides is 2. The summed E-state index contributed by atoms with van der Waals surface area (Å²) in [6, 6.07) is 8.00. The highest BCUT2D eigenvalue weighted by molar-refractivity contribution is 5.74. The van der Waals surface area contributed by atoms with Crippen molar-refractivity contribution in [1.29, 1.82) is 0 Å². The fourth-order valence-electron chi connectivity index (χ4n) is 3.66. The molecule has 0 unspecified atom stereocenters. The number of carbonyl (C=O) groups excluding carboxylic acids is 1. The molecule has 0 aliphatic carbocycles. The number of piperidine rings is 1. The van der Waals surface area contributed by atoms with Crippen molar-refractivity contribution >= 4 is 6.03 Å². The van der Waals surface area contributed by atoms with Crippen molar-refractivity contribution in [3.05, 3.63) is 29.8 Å². The normalized spacial score (nSPS) is 20.4. The Kier molecular flexibility index (Phi) is 6.15. The van der Waals surface area contributed by atoms with Crippen LogP contribution in [0, 0.1) is 0 Å². The van der Waals surface area contributed by atoms with Gasteiger partial charge < -0.3 is 20.1 Å². The fourth-order valence-corrected chi connectivity index (χ4v) is 3.66. The number of hydrogen-bond donors (Lipinski definition) is 2. The van der Waals surface area contributed by atoms with E-state index in [1.165, 1.54) is 0 Å². The predicted molar refractivity (Wildman–Crippen MR) is 96.5 cm³/mol. The van der Waals surface area contributed by atoms with E-state index in [-0.39, 0.29) is 12.1 Å². The molecular formula is C19H29N3O3. The number of hydrogen-bond acceptors (Lipinski definition) is 4. The number of nitrogens with zero attached hydrogens (tertiary/aromatic N) is 2. The van der Waals surface area contributed by atoms with Crippen LogP contribution in [-0.4, -0.2) is 66.4 Å². The number of ether oxygens (including phenoxy) is 1. The minimum Gasteiger partial charge on any atom is -0.508 e. The van der Waals surface area contributed by atoms with E-state index >= 15 is 0 Å². The fraction of sp³-hybridized carbons (Fsp3) is 0.632. The van der Waals surface area contributed by atoms with Crippen molar-refractivity contribution in [2.75, 3.05) is 33.4 Å². The lowest BCUT2D eigenvalue weighted by molar-refractivity contribution is 0.0516. The highest BCUT2D eigenvalue weighted by Gasteiger charge is 2.26. The van der Waals surface area contributed by atoms with Crippen molar-refractivity contribution in [3.63, 3.8) is 0 Å². The number of benzene rings is 1. The molecule has 2 amide bonds. The van der Waals surface area contributed by atoms with Gasteiger partial charge in [-0.2, -0.15) is 0 Å². The lowest BCUT2D eigenvalue weighted by atomic mass is 10.0. The summed E-state index contributed by atoms with van der Waals surface area (Å²) >= 11 is 0. The van der Waals surface area contributed by atoms with Gasteiger partial charge in [-0.1, -0.05) is 12.1 Å². The first-order valence-corrected chi connectivity index (χ1v) is 9.23. The van der Waals surface area contributed by atoms with Gasteiger partial charge in [-0.15, -0.1) is 0 Å². The summed E-state index contributed by atoms with van der Waals surface area (Å²) in [5, 5.41) is 12.8. The summed E-state index contributed by atoms with van der Waals surface area (Å²) in [5.41, 5.74) is 1.13. The molecule has 2 aliphatic heterocycles. The molecule has 3 rings (SSSR count). The molecule has 25 heavy (non-hydrogen) atoms. The van der Waals surface area contributed by atoms with Gasteiger partial charge in [-0.05, 0) is 43.4 Å². The number of aromatic hydroxyl groups is 1. The smallest absolute Gasteiger partial charge is 0.317 e. The molecule has 2 heterocycles. The number of rotatable bonds is 4. The molecule has 0 saturated carbocycles. The molecule has 2 aliphatic rings. The van der Waals surface area contributed by atoms with Crippen LogP contribution in [0.15, 0.2) is 24.3 Å². The highest BCUT2D eigenvalue weighted by Crippen LogP contribution is 2.18. The maximum absolute atomic E-state index is 12.5. The molecule has 6 heteroatoms. The molecule has 0 aromatic heterocycles. The predicted octanol–water partition coefficient (Wildman–Crippen LogP) is 2.18. The van der Waals surface area contributed by atoms with Crippen LogP contribution in [-0.2, 0) is 11.3 Å². The largest absolute Gasteiger partial charge is 0.508 e. The summed E-state index contributed by atoms with van der Waals surface area (Å²) in [7, 11) is 1.89. The van der Waals surface area contributed by atoms with E-state index in [1.54, 1.807) is 6.07 Å². The second-order valence-electron chi connectivity index (χ2n) is 7.12. The summed E-state index contributed by atoms with van der Waals surface area (Å²) in [6.07, 6.45) is 3.77. The lowest BCUT2D eigenvalue weighted by Gasteiger charge is -2.35. The zero-order valence-electron chi connectivity index (χ0n) is 15.0. The molecule has 0 radical (unpaired) electrons. The van der Waals surface area contributed by atoms with E-state index in [4.69, 9.17) is 4.74 Å². The zero-order chi connectivity index (χ0) is 17.6. The SMILES string of the molecule is CN(C(=O)NC1CCN(Cc2cccc(O)c2)CC1)C1CCOCC1. The minimum atomic E-state index is 0.0401. The van der Waals surface area contributed by atoms with Crippen molar-refractivity contribution in [3.8, 4) is 5.75 Å². The first kappa shape index (κ1) is 18.0. The highest BCUT2D eigenvalue weighted by atomic mass is 16.5. The zero-order valence-corrected chi connectivity index (χ0v) is 15.0. The standard InChI is InChI=1S/C19H29N3O3/c1-21(17-7-11-25-12-8-17)19(24)20-16-5-9-22(10-6-16)14-15-3-2-4-18(23)13-15/h2-4,13,16-17,23H,5-12,14H2,1H3,(H,20,24). The van der Waals surface area contributed by atoms with E-state index in [9.17, 15) is 9.90 Å². The molecule has 6 nitrogen and oxygen atoms in total. The Labute approximate surface area is 149 Å². The van der Waals surface area contributed by atoms with Crippen LogP contribution in [0.5, 0.6) is 5.75 Å². The van der Waals surface area contributed by atoms with Crippen LogP contribution in [0.3, 0.4) is 0 Å².